The molecule has 0 bridgehead atoms. The van der Waals surface area contributed by atoms with Gasteiger partial charge in [0.2, 0.25) is 0 Å². The first-order valence-electron chi connectivity index (χ1n) is 12.8. The van der Waals surface area contributed by atoms with Crippen molar-refractivity contribution in [2.45, 2.75) is 50.0 Å². The fraction of sp³-hybridized carbons (Fsp3) is 0.290. The van der Waals surface area contributed by atoms with E-state index in [2.05, 4.69) is 90.2 Å². The summed E-state index contributed by atoms with van der Waals surface area (Å²) in [6, 6.07) is 27.3. The van der Waals surface area contributed by atoms with E-state index in [9.17, 15) is 4.79 Å². The van der Waals surface area contributed by atoms with Gasteiger partial charge in [0.15, 0.2) is 5.76 Å². The maximum absolute atomic E-state index is 12.4. The number of esters is 1. The van der Waals surface area contributed by atoms with Crippen molar-refractivity contribution in [2.75, 3.05) is 17.7 Å². The van der Waals surface area contributed by atoms with Crippen LogP contribution < -0.4 is 5.32 Å². The molecule has 0 radical (unpaired) electrons. The van der Waals surface area contributed by atoms with E-state index in [0.717, 1.165) is 58.0 Å². The van der Waals surface area contributed by atoms with Crippen molar-refractivity contribution in [1.82, 2.24) is 5.16 Å². The Morgan fingerprint density at radius 3 is 2.24 bits per heavy atom. The Balaban J connectivity index is 1.27. The van der Waals surface area contributed by atoms with E-state index in [0.29, 0.717) is 6.61 Å². The molecule has 0 saturated heterocycles. The van der Waals surface area contributed by atoms with E-state index in [1.807, 2.05) is 31.7 Å². The SMILES string of the molecule is CCOC(=O)C1(c2ccc(-c3ccc(-c4onc(C)c4NC(C)CSc4ccccc4)cc3)cc2)CC1. The van der Waals surface area contributed by atoms with Crippen LogP contribution >= 0.6 is 11.8 Å². The third-order valence-corrected chi connectivity index (χ3v) is 8.10. The van der Waals surface area contributed by atoms with Crippen molar-refractivity contribution in [3.63, 3.8) is 0 Å². The highest BCUT2D eigenvalue weighted by Crippen LogP contribution is 2.49. The summed E-state index contributed by atoms with van der Waals surface area (Å²) in [7, 11) is 0. The number of aryl methyl sites for hydroxylation is 1. The first-order valence-corrected chi connectivity index (χ1v) is 13.8. The second kappa shape index (κ2) is 10.9. The number of nitrogens with zero attached hydrogens (tertiary/aromatic N) is 1. The summed E-state index contributed by atoms with van der Waals surface area (Å²) in [5.41, 5.74) is 5.57. The maximum Gasteiger partial charge on any atom is 0.316 e. The molecule has 1 fully saturated rings. The lowest BCUT2D eigenvalue weighted by Gasteiger charge is -2.15. The predicted molar refractivity (Wildman–Crippen MR) is 150 cm³/mol. The first kappa shape index (κ1) is 25.2. The normalized spacial score (nSPS) is 14.7. The Hall–Kier alpha value is -3.51. The maximum atomic E-state index is 12.4. The molecule has 1 unspecified atom stereocenters. The van der Waals surface area contributed by atoms with Gasteiger partial charge >= 0.3 is 5.97 Å². The van der Waals surface area contributed by atoms with Crippen LogP contribution in [0.5, 0.6) is 0 Å². The highest BCUT2D eigenvalue weighted by Gasteiger charge is 2.52. The number of hydrogen-bond acceptors (Lipinski definition) is 6. The molecular weight excluding hydrogens is 480 g/mol. The summed E-state index contributed by atoms with van der Waals surface area (Å²) in [4.78, 5) is 13.7. The van der Waals surface area contributed by atoms with Crippen molar-refractivity contribution in [3.05, 3.63) is 90.1 Å². The van der Waals surface area contributed by atoms with Gasteiger partial charge in [0.25, 0.3) is 0 Å². The van der Waals surface area contributed by atoms with E-state index in [4.69, 9.17) is 9.26 Å². The number of rotatable bonds is 10. The molecule has 3 aromatic carbocycles. The monoisotopic (exact) mass is 512 g/mol. The molecule has 37 heavy (non-hydrogen) atoms. The summed E-state index contributed by atoms with van der Waals surface area (Å²) in [5, 5.41) is 7.83. The molecule has 1 N–H and O–H groups in total. The minimum atomic E-state index is -0.442. The topological polar surface area (TPSA) is 64.4 Å². The predicted octanol–water partition coefficient (Wildman–Crippen LogP) is 7.50. The van der Waals surface area contributed by atoms with E-state index in [1.165, 1.54) is 4.90 Å². The van der Waals surface area contributed by atoms with Crippen molar-refractivity contribution in [2.24, 2.45) is 0 Å². The molecule has 1 atom stereocenters. The molecule has 5 nitrogen and oxygen atoms in total. The lowest BCUT2D eigenvalue weighted by molar-refractivity contribution is -0.146. The molecule has 6 heteroatoms. The number of benzene rings is 3. The van der Waals surface area contributed by atoms with Gasteiger partial charge in [0, 0.05) is 22.3 Å². The number of ether oxygens (including phenoxy) is 1. The van der Waals surface area contributed by atoms with E-state index in [1.54, 1.807) is 0 Å². The molecule has 0 aliphatic heterocycles. The number of aromatic nitrogens is 1. The second-order valence-corrected chi connectivity index (χ2v) is 10.7. The first-order chi connectivity index (χ1) is 18.0. The number of carbonyl (C=O) groups is 1. The van der Waals surface area contributed by atoms with Crippen molar-refractivity contribution < 1.29 is 14.1 Å². The quantitative estimate of drug-likeness (QED) is 0.175. The molecule has 0 amide bonds. The van der Waals surface area contributed by atoms with Crippen LogP contribution in [0.1, 0.15) is 37.9 Å². The fourth-order valence-electron chi connectivity index (χ4n) is 4.56. The third kappa shape index (κ3) is 5.44. The van der Waals surface area contributed by atoms with Gasteiger partial charge in [-0.25, -0.2) is 0 Å². The van der Waals surface area contributed by atoms with Crippen LogP contribution in [0.2, 0.25) is 0 Å². The van der Waals surface area contributed by atoms with Crippen LogP contribution in [0.4, 0.5) is 5.69 Å². The number of carbonyl (C=O) groups excluding carboxylic acids is 1. The molecule has 1 aromatic heterocycles. The zero-order valence-corrected chi connectivity index (χ0v) is 22.3. The molecule has 1 saturated carbocycles. The minimum absolute atomic E-state index is 0.105. The molecule has 1 aliphatic carbocycles. The van der Waals surface area contributed by atoms with Crippen LogP contribution in [0, 0.1) is 6.92 Å². The average Bonchev–Trinajstić information content (AvgIpc) is 3.67. The van der Waals surface area contributed by atoms with Gasteiger partial charge in [-0.3, -0.25) is 4.79 Å². The van der Waals surface area contributed by atoms with Crippen molar-refractivity contribution in [3.8, 4) is 22.5 Å². The van der Waals surface area contributed by atoms with E-state index < -0.39 is 5.41 Å². The minimum Gasteiger partial charge on any atom is -0.465 e. The van der Waals surface area contributed by atoms with Crippen LogP contribution in [0.25, 0.3) is 22.5 Å². The standard InChI is InChI=1S/C31H32N2O3S/c1-4-35-30(34)31(18-19-31)26-16-14-24(15-17-26)23-10-12-25(13-11-23)29-28(22(3)33-36-29)32-21(2)20-37-27-8-6-5-7-9-27/h5-17,21,32H,4,18-20H2,1-3H3. The summed E-state index contributed by atoms with van der Waals surface area (Å²) in [5.74, 6) is 1.58. The Kier molecular flexibility index (Phi) is 7.38. The number of hydrogen-bond donors (Lipinski definition) is 1. The molecule has 5 rings (SSSR count). The molecule has 4 aromatic rings. The lowest BCUT2D eigenvalue weighted by Crippen LogP contribution is -2.23. The molecule has 1 heterocycles. The van der Waals surface area contributed by atoms with E-state index >= 15 is 0 Å². The molecule has 0 spiro atoms. The largest absolute Gasteiger partial charge is 0.465 e. The number of thioether (sulfide) groups is 1. The Morgan fingerprint density at radius 2 is 1.62 bits per heavy atom. The second-order valence-electron chi connectivity index (χ2n) is 9.60. The average molecular weight is 513 g/mol. The van der Waals surface area contributed by atoms with Gasteiger partial charge in [-0.15, -0.1) is 11.8 Å². The number of anilines is 1. The van der Waals surface area contributed by atoms with Gasteiger partial charge in [-0.05, 0) is 62.4 Å². The summed E-state index contributed by atoms with van der Waals surface area (Å²) < 4.78 is 11.0. The summed E-state index contributed by atoms with van der Waals surface area (Å²) in [6.45, 7) is 6.40. The van der Waals surface area contributed by atoms with Gasteiger partial charge in [-0.2, -0.15) is 0 Å². The highest BCUT2D eigenvalue weighted by molar-refractivity contribution is 7.99. The van der Waals surface area contributed by atoms with Crippen molar-refractivity contribution >= 4 is 23.4 Å². The Labute approximate surface area is 222 Å². The van der Waals surface area contributed by atoms with Crippen LogP contribution in [-0.2, 0) is 14.9 Å². The summed E-state index contributed by atoms with van der Waals surface area (Å²) >= 11 is 1.83. The number of nitrogens with one attached hydrogen (secondary N) is 1. The van der Waals surface area contributed by atoms with Crippen LogP contribution in [-0.4, -0.2) is 29.5 Å². The van der Waals surface area contributed by atoms with Crippen LogP contribution in [0.15, 0.2) is 88.3 Å². The zero-order valence-electron chi connectivity index (χ0n) is 21.5. The van der Waals surface area contributed by atoms with Crippen LogP contribution in [0.3, 0.4) is 0 Å². The molecule has 190 valence electrons. The Bertz CT molecular complexity index is 1340. The highest BCUT2D eigenvalue weighted by atomic mass is 32.2. The summed E-state index contributed by atoms with van der Waals surface area (Å²) in [6.07, 6.45) is 1.72. The molecular formula is C31H32N2O3S. The van der Waals surface area contributed by atoms with Crippen molar-refractivity contribution in [1.29, 1.82) is 0 Å². The molecule has 1 aliphatic rings. The van der Waals surface area contributed by atoms with E-state index in [-0.39, 0.29) is 12.0 Å². The van der Waals surface area contributed by atoms with Gasteiger partial charge < -0.3 is 14.6 Å². The zero-order chi connectivity index (χ0) is 25.8. The third-order valence-electron chi connectivity index (χ3n) is 6.83. The lowest BCUT2D eigenvalue weighted by atomic mass is 9.93. The van der Waals surface area contributed by atoms with Gasteiger partial charge in [-0.1, -0.05) is 71.9 Å². The van der Waals surface area contributed by atoms with Gasteiger partial charge in [0.05, 0.1) is 12.0 Å². The smallest absolute Gasteiger partial charge is 0.316 e. The van der Waals surface area contributed by atoms with Gasteiger partial charge in [0.1, 0.15) is 11.4 Å². The Morgan fingerprint density at radius 1 is 1.00 bits per heavy atom. The fourth-order valence-corrected chi connectivity index (χ4v) is 5.44.